The number of hydrogen-bond donors (Lipinski definition) is 3. The summed E-state index contributed by atoms with van der Waals surface area (Å²) in [7, 11) is 1.64. The Balaban J connectivity index is 1.93. The maximum absolute atomic E-state index is 13.8. The van der Waals surface area contributed by atoms with Crippen LogP contribution in [0, 0.1) is 5.41 Å². The van der Waals surface area contributed by atoms with Gasteiger partial charge in [-0.1, -0.05) is 6.07 Å². The molecule has 0 bridgehead atoms. The molecule has 0 amide bonds. The van der Waals surface area contributed by atoms with Gasteiger partial charge >= 0.3 is 0 Å². The molecule has 1 aliphatic rings. The fourth-order valence-electron chi connectivity index (χ4n) is 3.26. The predicted octanol–water partition coefficient (Wildman–Crippen LogP) is 2.71. The number of nitrogen functional groups attached to an aromatic ring is 1. The molecule has 1 aliphatic heterocycles. The van der Waals surface area contributed by atoms with Crippen molar-refractivity contribution in [2.45, 2.75) is 18.8 Å². The Labute approximate surface area is 167 Å². The Morgan fingerprint density at radius 2 is 2.10 bits per heavy atom. The van der Waals surface area contributed by atoms with E-state index in [0.29, 0.717) is 41.3 Å². The number of nitrogens with two attached hydrogens (primary N) is 2. The first-order valence-electron chi connectivity index (χ1n) is 9.12. The van der Waals surface area contributed by atoms with Gasteiger partial charge in [0.15, 0.2) is 0 Å². The van der Waals surface area contributed by atoms with Crippen molar-refractivity contribution in [3.05, 3.63) is 53.6 Å². The van der Waals surface area contributed by atoms with Gasteiger partial charge in [-0.15, -0.1) is 0 Å². The molecule has 0 unspecified atom stereocenters. The Morgan fingerprint density at radius 3 is 2.79 bits per heavy atom. The van der Waals surface area contributed by atoms with Crippen LogP contribution >= 0.6 is 0 Å². The maximum Gasteiger partial charge on any atom is 0.265 e. The monoisotopic (exact) mass is 399 g/mol. The van der Waals surface area contributed by atoms with E-state index in [9.17, 15) is 8.78 Å². The highest BCUT2D eigenvalue weighted by Gasteiger charge is 2.35. The van der Waals surface area contributed by atoms with Gasteiger partial charge in [-0.2, -0.15) is 0 Å². The number of rotatable bonds is 5. The van der Waals surface area contributed by atoms with Crippen LogP contribution in [0.25, 0.3) is 5.57 Å². The minimum atomic E-state index is -2.75. The summed E-state index contributed by atoms with van der Waals surface area (Å²) in [6, 6.07) is 6.74. The first-order chi connectivity index (χ1) is 13.8. The molecule has 1 saturated heterocycles. The smallest absolute Gasteiger partial charge is 0.265 e. The van der Waals surface area contributed by atoms with E-state index in [0.717, 1.165) is 5.56 Å². The second kappa shape index (κ2) is 8.34. The number of aromatic nitrogens is 2. The summed E-state index contributed by atoms with van der Waals surface area (Å²) >= 11 is 0. The SMILES string of the molecule is CN=CC(=CN)c1ccc(N)c(C(=N)c2cc(N3CCCC(F)(F)C3)ncn2)c1. The van der Waals surface area contributed by atoms with Crippen LogP contribution in [0.2, 0.25) is 0 Å². The van der Waals surface area contributed by atoms with Crippen molar-refractivity contribution < 1.29 is 8.78 Å². The Kier molecular flexibility index (Phi) is 5.86. The van der Waals surface area contributed by atoms with E-state index >= 15 is 0 Å². The summed E-state index contributed by atoms with van der Waals surface area (Å²) in [6.07, 6.45) is 4.56. The van der Waals surface area contributed by atoms with E-state index in [4.69, 9.17) is 16.9 Å². The van der Waals surface area contributed by atoms with Crippen molar-refractivity contribution in [2.75, 3.05) is 30.8 Å². The molecule has 2 aromatic rings. The molecule has 5 N–H and O–H groups in total. The number of allylic oxidation sites excluding steroid dienone is 1. The predicted molar refractivity (Wildman–Crippen MR) is 112 cm³/mol. The summed E-state index contributed by atoms with van der Waals surface area (Å²) in [5.41, 5.74) is 14.4. The molecule has 3 rings (SSSR count). The van der Waals surface area contributed by atoms with Crippen molar-refractivity contribution in [2.24, 2.45) is 10.7 Å². The van der Waals surface area contributed by atoms with E-state index in [1.165, 1.54) is 17.4 Å². The molecular weight excluding hydrogens is 376 g/mol. The van der Waals surface area contributed by atoms with Crippen LogP contribution in [-0.4, -0.2) is 48.0 Å². The van der Waals surface area contributed by atoms with Crippen molar-refractivity contribution in [1.82, 2.24) is 9.97 Å². The van der Waals surface area contributed by atoms with Crippen LogP contribution in [-0.2, 0) is 0 Å². The van der Waals surface area contributed by atoms with Crippen LogP contribution in [0.4, 0.5) is 20.3 Å². The lowest BCUT2D eigenvalue weighted by Crippen LogP contribution is -2.43. The lowest BCUT2D eigenvalue weighted by atomic mass is 9.98. The molecule has 0 aliphatic carbocycles. The van der Waals surface area contributed by atoms with E-state index in [2.05, 4.69) is 15.0 Å². The number of nitrogens with one attached hydrogen (secondary N) is 1. The molecule has 2 heterocycles. The number of alkyl halides is 2. The van der Waals surface area contributed by atoms with E-state index < -0.39 is 12.5 Å². The van der Waals surface area contributed by atoms with Gasteiger partial charge in [0.1, 0.15) is 12.1 Å². The van der Waals surface area contributed by atoms with Gasteiger partial charge in [-0.3, -0.25) is 10.4 Å². The Hall–Kier alpha value is -3.36. The molecule has 0 saturated carbocycles. The summed E-state index contributed by atoms with van der Waals surface area (Å²) in [5, 5.41) is 8.58. The van der Waals surface area contributed by atoms with Gasteiger partial charge < -0.3 is 16.4 Å². The lowest BCUT2D eigenvalue weighted by molar-refractivity contribution is -0.0118. The molecule has 1 fully saturated rings. The molecule has 29 heavy (non-hydrogen) atoms. The number of nitrogens with zero attached hydrogens (tertiary/aromatic N) is 4. The Bertz CT molecular complexity index is 969. The summed E-state index contributed by atoms with van der Waals surface area (Å²) in [6.45, 7) is 0.0907. The van der Waals surface area contributed by atoms with Gasteiger partial charge in [0.05, 0.1) is 18.0 Å². The fourth-order valence-corrected chi connectivity index (χ4v) is 3.26. The van der Waals surface area contributed by atoms with Crippen molar-refractivity contribution in [1.29, 1.82) is 5.41 Å². The number of halogens is 2. The molecule has 0 radical (unpaired) electrons. The van der Waals surface area contributed by atoms with Gasteiger partial charge in [-0.05, 0) is 24.1 Å². The number of anilines is 2. The third-order valence-electron chi connectivity index (χ3n) is 4.73. The fraction of sp³-hybridized carbons (Fsp3) is 0.300. The summed E-state index contributed by atoms with van der Waals surface area (Å²) in [5.74, 6) is -2.38. The van der Waals surface area contributed by atoms with Gasteiger partial charge in [0, 0.05) is 55.3 Å². The van der Waals surface area contributed by atoms with Gasteiger partial charge in [0.2, 0.25) is 0 Å². The molecule has 9 heteroatoms. The van der Waals surface area contributed by atoms with Crippen molar-refractivity contribution in [3.63, 3.8) is 0 Å². The summed E-state index contributed by atoms with van der Waals surface area (Å²) in [4.78, 5) is 13.8. The quantitative estimate of drug-likeness (QED) is 0.528. The molecule has 1 aromatic carbocycles. The molecular formula is C20H23F2N7. The van der Waals surface area contributed by atoms with Crippen LogP contribution in [0.15, 0.2) is 41.8 Å². The largest absolute Gasteiger partial charge is 0.404 e. The first-order valence-corrected chi connectivity index (χ1v) is 9.12. The van der Waals surface area contributed by atoms with Crippen molar-refractivity contribution >= 4 is 29.0 Å². The van der Waals surface area contributed by atoms with Crippen LogP contribution in [0.1, 0.15) is 29.7 Å². The Morgan fingerprint density at radius 1 is 1.31 bits per heavy atom. The highest BCUT2D eigenvalue weighted by molar-refractivity contribution is 6.15. The van der Waals surface area contributed by atoms with E-state index in [-0.39, 0.29) is 12.1 Å². The topological polar surface area (TPSA) is 117 Å². The third kappa shape index (κ3) is 4.56. The normalized spacial score (nSPS) is 16.9. The van der Waals surface area contributed by atoms with Crippen LogP contribution in [0.3, 0.4) is 0 Å². The number of benzene rings is 1. The first kappa shape index (κ1) is 20.4. The highest BCUT2D eigenvalue weighted by Crippen LogP contribution is 2.29. The van der Waals surface area contributed by atoms with Crippen LogP contribution in [0.5, 0.6) is 0 Å². The molecule has 152 valence electrons. The molecule has 7 nitrogen and oxygen atoms in total. The average molecular weight is 399 g/mol. The van der Waals surface area contributed by atoms with Gasteiger partial charge in [-0.25, -0.2) is 18.7 Å². The minimum absolute atomic E-state index is 0.0709. The second-order valence-electron chi connectivity index (χ2n) is 6.83. The maximum atomic E-state index is 13.8. The molecule has 0 atom stereocenters. The zero-order chi connectivity index (χ0) is 21.0. The van der Waals surface area contributed by atoms with E-state index in [1.54, 1.807) is 37.5 Å². The number of piperidine rings is 1. The minimum Gasteiger partial charge on any atom is -0.404 e. The summed E-state index contributed by atoms with van der Waals surface area (Å²) < 4.78 is 27.5. The van der Waals surface area contributed by atoms with Crippen molar-refractivity contribution in [3.8, 4) is 0 Å². The standard InChI is InChI=1S/C20H23F2N7/c1-26-10-14(9-23)13-3-4-16(24)15(7-13)19(25)17-8-18(28-12-27-17)29-6-2-5-20(21,22)11-29/h3-4,7-10,12,25H,2,5-6,11,23-24H2,1H3. The average Bonchev–Trinajstić information content (AvgIpc) is 2.71. The van der Waals surface area contributed by atoms with Gasteiger partial charge in [0.25, 0.3) is 5.92 Å². The lowest BCUT2D eigenvalue weighted by Gasteiger charge is -2.33. The van der Waals surface area contributed by atoms with E-state index in [1.807, 2.05) is 0 Å². The molecule has 0 spiro atoms. The number of hydrogen-bond acceptors (Lipinski definition) is 7. The number of aliphatic imine (C=N–C) groups is 1. The zero-order valence-electron chi connectivity index (χ0n) is 16.1. The second-order valence-corrected chi connectivity index (χ2v) is 6.83. The molecule has 1 aromatic heterocycles. The zero-order valence-corrected chi connectivity index (χ0v) is 16.1. The third-order valence-corrected chi connectivity index (χ3v) is 4.73. The highest BCUT2D eigenvalue weighted by atomic mass is 19.3. The van der Waals surface area contributed by atoms with Crippen LogP contribution < -0.4 is 16.4 Å².